The van der Waals surface area contributed by atoms with E-state index in [-0.39, 0.29) is 0 Å². The van der Waals surface area contributed by atoms with Crippen molar-refractivity contribution in [3.63, 3.8) is 0 Å². The third kappa shape index (κ3) is 1.21. The minimum Gasteiger partial charge on any atom is -0.282 e. The van der Waals surface area contributed by atoms with Crippen LogP contribution in [0.15, 0.2) is 42.6 Å². The Morgan fingerprint density at radius 3 is 2.42 bits per heavy atom. The van der Waals surface area contributed by atoms with E-state index in [1.807, 2.05) is 49.1 Å². The Bertz CT molecular complexity index is 279. The molecule has 0 amide bonds. The van der Waals surface area contributed by atoms with Gasteiger partial charge in [0.1, 0.15) is 0 Å². The highest BCUT2D eigenvalue weighted by Gasteiger charge is 2.12. The summed E-state index contributed by atoms with van der Waals surface area (Å²) in [5.74, 6) is 0. The van der Waals surface area contributed by atoms with Crippen LogP contribution >= 0.6 is 0 Å². The lowest BCUT2D eigenvalue weighted by Crippen LogP contribution is -2.28. The van der Waals surface area contributed by atoms with E-state index in [9.17, 15) is 0 Å². The second kappa shape index (κ2) is 2.99. The maximum atomic E-state index is 2.08. The molecule has 0 fully saturated rings. The van der Waals surface area contributed by atoms with Gasteiger partial charge in [0.25, 0.3) is 0 Å². The van der Waals surface area contributed by atoms with E-state index in [2.05, 4.69) is 17.1 Å². The number of hydrazine groups is 1. The molecule has 0 unspecified atom stereocenters. The fourth-order valence-corrected chi connectivity index (χ4v) is 1.27. The third-order valence-corrected chi connectivity index (χ3v) is 1.89. The minimum absolute atomic E-state index is 1.19. The predicted octanol–water partition coefficient (Wildman–Crippen LogP) is 2.03. The van der Waals surface area contributed by atoms with E-state index < -0.39 is 0 Å². The molecule has 0 atom stereocenters. The molecule has 0 spiro atoms. The number of rotatable bonds is 1. The van der Waals surface area contributed by atoms with Crippen molar-refractivity contribution in [2.75, 3.05) is 12.1 Å². The predicted molar refractivity (Wildman–Crippen MR) is 50.1 cm³/mol. The molecule has 2 nitrogen and oxygen atoms in total. The Balaban J connectivity index is 2.25. The summed E-state index contributed by atoms with van der Waals surface area (Å²) < 4.78 is 0. The van der Waals surface area contributed by atoms with Gasteiger partial charge in [0, 0.05) is 13.2 Å². The van der Waals surface area contributed by atoms with E-state index in [4.69, 9.17) is 0 Å². The lowest BCUT2D eigenvalue weighted by molar-refractivity contribution is 0.448. The smallest absolute Gasteiger partial charge is 0.0701 e. The summed E-state index contributed by atoms with van der Waals surface area (Å²) in [6.07, 6.45) is 4.06. The van der Waals surface area contributed by atoms with Crippen molar-refractivity contribution in [2.24, 2.45) is 0 Å². The van der Waals surface area contributed by atoms with Gasteiger partial charge < -0.3 is 0 Å². The number of para-hydroxylation sites is 1. The molecule has 2 rings (SSSR count). The van der Waals surface area contributed by atoms with Crippen molar-refractivity contribution in [3.8, 4) is 0 Å². The second-order valence-corrected chi connectivity index (χ2v) is 2.74. The largest absolute Gasteiger partial charge is 0.282 e. The average molecular weight is 159 g/mol. The van der Waals surface area contributed by atoms with E-state index in [0.717, 1.165) is 0 Å². The second-order valence-electron chi connectivity index (χ2n) is 2.74. The van der Waals surface area contributed by atoms with E-state index in [1.54, 1.807) is 0 Å². The molecule has 1 radical (unpaired) electrons. The number of likely N-dealkylation sites (N-methyl/N-ethyl adjacent to an activating group) is 1. The van der Waals surface area contributed by atoms with Gasteiger partial charge in [0.15, 0.2) is 0 Å². The summed E-state index contributed by atoms with van der Waals surface area (Å²) in [7, 11) is 2.02. The Morgan fingerprint density at radius 2 is 1.83 bits per heavy atom. The third-order valence-electron chi connectivity index (χ3n) is 1.89. The molecule has 0 saturated heterocycles. The fourth-order valence-electron chi connectivity index (χ4n) is 1.27. The van der Waals surface area contributed by atoms with Gasteiger partial charge in [0.05, 0.1) is 12.2 Å². The van der Waals surface area contributed by atoms with Crippen LogP contribution in [0, 0.1) is 6.54 Å². The summed E-state index contributed by atoms with van der Waals surface area (Å²) >= 11 is 0. The molecule has 0 N–H and O–H groups in total. The molecule has 1 aliphatic heterocycles. The van der Waals surface area contributed by atoms with Gasteiger partial charge in [-0.15, -0.1) is 0 Å². The van der Waals surface area contributed by atoms with Crippen LogP contribution in [0.5, 0.6) is 0 Å². The van der Waals surface area contributed by atoms with E-state index >= 15 is 0 Å². The first-order chi connectivity index (χ1) is 5.88. The molecular weight excluding hydrogens is 148 g/mol. The Labute approximate surface area is 72.7 Å². The summed E-state index contributed by atoms with van der Waals surface area (Å²) in [4.78, 5) is 0. The molecule has 0 bridgehead atoms. The first-order valence-corrected chi connectivity index (χ1v) is 3.96. The van der Waals surface area contributed by atoms with Crippen LogP contribution in [0.2, 0.25) is 0 Å². The number of hydrogen-bond donors (Lipinski definition) is 0. The molecule has 0 aromatic heterocycles. The van der Waals surface area contributed by atoms with Crippen LogP contribution < -0.4 is 5.01 Å². The quantitative estimate of drug-likeness (QED) is 0.618. The monoisotopic (exact) mass is 159 g/mol. The zero-order valence-corrected chi connectivity index (χ0v) is 7.01. The standard InChI is InChI=1S/C10H11N2/c1-11-8-5-9-12(11)10-6-3-2-4-7-10/h2-9H,1H3. The topological polar surface area (TPSA) is 6.48 Å². The van der Waals surface area contributed by atoms with Gasteiger partial charge in [-0.05, 0) is 18.2 Å². The van der Waals surface area contributed by atoms with Gasteiger partial charge >= 0.3 is 0 Å². The number of hydrogen-bond acceptors (Lipinski definition) is 2. The Kier molecular flexibility index (Phi) is 1.84. The highest BCUT2D eigenvalue weighted by molar-refractivity contribution is 5.49. The minimum atomic E-state index is 1.19. The van der Waals surface area contributed by atoms with Crippen LogP contribution in [0.4, 0.5) is 5.69 Å². The van der Waals surface area contributed by atoms with Crippen LogP contribution in [0.3, 0.4) is 0 Å². The number of benzene rings is 1. The van der Waals surface area contributed by atoms with Gasteiger partial charge in [-0.2, -0.15) is 0 Å². The summed E-state index contributed by atoms with van der Waals surface area (Å²) in [5.41, 5.74) is 1.19. The first-order valence-electron chi connectivity index (χ1n) is 3.96. The van der Waals surface area contributed by atoms with E-state index in [0.29, 0.717) is 0 Å². The van der Waals surface area contributed by atoms with Gasteiger partial charge in [0.2, 0.25) is 0 Å². The number of nitrogens with zero attached hydrogens (tertiary/aromatic N) is 2. The fraction of sp³-hybridized carbons (Fsp3) is 0.100. The summed E-state index contributed by atoms with van der Waals surface area (Å²) in [6.45, 7) is 2.02. The zero-order valence-electron chi connectivity index (χ0n) is 7.01. The lowest BCUT2D eigenvalue weighted by atomic mass is 10.3. The molecule has 1 aromatic rings. The summed E-state index contributed by atoms with van der Waals surface area (Å²) in [5, 5.41) is 4.12. The normalized spacial score (nSPS) is 17.2. The summed E-state index contributed by atoms with van der Waals surface area (Å²) in [6, 6.07) is 10.3. The van der Waals surface area contributed by atoms with Crippen molar-refractivity contribution < 1.29 is 0 Å². The Hall–Kier alpha value is -1.28. The first kappa shape index (κ1) is 7.37. The lowest BCUT2D eigenvalue weighted by Gasteiger charge is -2.24. The van der Waals surface area contributed by atoms with Crippen LogP contribution in [-0.4, -0.2) is 12.1 Å². The molecule has 61 valence electrons. The highest BCUT2D eigenvalue weighted by Crippen LogP contribution is 2.19. The van der Waals surface area contributed by atoms with Crippen LogP contribution in [-0.2, 0) is 0 Å². The molecule has 1 heterocycles. The van der Waals surface area contributed by atoms with Gasteiger partial charge in [-0.25, -0.2) is 5.01 Å². The van der Waals surface area contributed by atoms with Crippen molar-refractivity contribution in [1.29, 1.82) is 0 Å². The molecule has 1 aliphatic rings. The molecule has 12 heavy (non-hydrogen) atoms. The molecule has 0 saturated carbocycles. The van der Waals surface area contributed by atoms with Gasteiger partial charge in [-0.3, -0.25) is 5.01 Å². The number of anilines is 1. The van der Waals surface area contributed by atoms with Crippen molar-refractivity contribution in [2.45, 2.75) is 0 Å². The van der Waals surface area contributed by atoms with Crippen LogP contribution in [0.25, 0.3) is 0 Å². The van der Waals surface area contributed by atoms with Crippen molar-refractivity contribution in [1.82, 2.24) is 5.01 Å². The van der Waals surface area contributed by atoms with Crippen molar-refractivity contribution >= 4 is 5.69 Å². The highest BCUT2D eigenvalue weighted by atomic mass is 15.6. The zero-order chi connectivity index (χ0) is 8.39. The Morgan fingerprint density at radius 1 is 1.08 bits per heavy atom. The van der Waals surface area contributed by atoms with E-state index in [1.165, 1.54) is 5.69 Å². The van der Waals surface area contributed by atoms with Gasteiger partial charge in [-0.1, -0.05) is 18.2 Å². The molecular formula is C10H11N2. The molecule has 1 aromatic carbocycles. The molecule has 2 heteroatoms. The SMILES string of the molecule is CN1[CH]C=CN1c1ccccc1. The maximum Gasteiger partial charge on any atom is 0.0701 e. The maximum absolute atomic E-state index is 2.08. The molecule has 0 aliphatic carbocycles. The van der Waals surface area contributed by atoms with Crippen molar-refractivity contribution in [3.05, 3.63) is 49.2 Å². The average Bonchev–Trinajstić information content (AvgIpc) is 2.53. The van der Waals surface area contributed by atoms with Crippen LogP contribution in [0.1, 0.15) is 0 Å².